The normalized spacial score (nSPS) is 16.8. The summed E-state index contributed by atoms with van der Waals surface area (Å²) in [6, 6.07) is 12.5. The monoisotopic (exact) mass is 549 g/mol. The van der Waals surface area contributed by atoms with Gasteiger partial charge in [0.1, 0.15) is 10.4 Å². The van der Waals surface area contributed by atoms with E-state index in [9.17, 15) is 9.90 Å². The molecule has 1 N–H and O–H groups in total. The molecule has 1 aliphatic heterocycles. The van der Waals surface area contributed by atoms with Gasteiger partial charge in [-0.3, -0.25) is 0 Å². The molecule has 0 bridgehead atoms. The zero-order chi connectivity index (χ0) is 19.6. The number of carbonyl (C=O) groups is 1. The summed E-state index contributed by atoms with van der Waals surface area (Å²) in [6.07, 6.45) is 2.36. The average molecular weight is 550 g/mol. The maximum atomic E-state index is 11.9. The van der Waals surface area contributed by atoms with Crippen molar-refractivity contribution in [1.29, 1.82) is 0 Å². The Morgan fingerprint density at radius 3 is 2.59 bits per heavy atom. The Bertz CT molecular complexity index is 918. The summed E-state index contributed by atoms with van der Waals surface area (Å²) in [5.74, 6) is -0.882. The molecular weight excluding hydrogens is 536 g/mol. The lowest BCUT2D eigenvalue weighted by atomic mass is 10.0. The van der Waals surface area contributed by atoms with E-state index in [1.807, 2.05) is 36.4 Å². The largest absolute Gasteiger partial charge is 0.480 e. The van der Waals surface area contributed by atoms with Gasteiger partial charge < -0.3 is 10.0 Å². The van der Waals surface area contributed by atoms with E-state index in [-0.39, 0.29) is 0 Å². The molecule has 3 rings (SSSR count). The van der Waals surface area contributed by atoms with E-state index in [1.165, 1.54) is 11.8 Å². The smallest absolute Gasteiger partial charge is 0.326 e. The molecule has 1 fully saturated rings. The minimum Gasteiger partial charge on any atom is -0.480 e. The SMILES string of the molecule is O=C(O)[C@@H](Cc1ccc(I)cc1)N1C/C(=C\c2ccc(Cl)c(Cl)c2)SC1=S. The maximum absolute atomic E-state index is 11.9. The van der Waals surface area contributed by atoms with Gasteiger partial charge in [0, 0.05) is 14.9 Å². The van der Waals surface area contributed by atoms with Crippen molar-refractivity contribution in [3.63, 3.8) is 0 Å². The van der Waals surface area contributed by atoms with E-state index in [0.29, 0.717) is 27.3 Å². The van der Waals surface area contributed by atoms with Crippen molar-refractivity contribution in [2.24, 2.45) is 0 Å². The fourth-order valence-corrected chi connectivity index (χ4v) is 4.82. The molecule has 0 saturated carbocycles. The lowest BCUT2D eigenvalue weighted by Gasteiger charge is -2.25. The summed E-state index contributed by atoms with van der Waals surface area (Å²) >= 11 is 21.1. The standard InChI is InChI=1S/C19H14Cl2INO2S2/c20-15-6-3-12(8-16(15)21)7-14-10-23(19(26)27-14)17(18(24)25)9-11-1-4-13(22)5-2-11/h1-8,17H,9-10H2,(H,24,25)/b14-7+/t17-/m1/s1. The van der Waals surface area contributed by atoms with Gasteiger partial charge >= 0.3 is 5.97 Å². The molecule has 0 aromatic heterocycles. The molecule has 1 saturated heterocycles. The summed E-state index contributed by atoms with van der Waals surface area (Å²) in [4.78, 5) is 14.6. The number of carboxylic acids is 1. The van der Waals surface area contributed by atoms with Gasteiger partial charge in [-0.1, -0.05) is 65.4 Å². The van der Waals surface area contributed by atoms with Crippen molar-refractivity contribution in [1.82, 2.24) is 4.90 Å². The molecule has 1 atom stereocenters. The third-order valence-corrected chi connectivity index (χ3v) is 6.91. The fraction of sp³-hybridized carbons (Fsp3) is 0.158. The van der Waals surface area contributed by atoms with Gasteiger partial charge in [0.25, 0.3) is 0 Å². The second-order valence-electron chi connectivity index (χ2n) is 5.96. The van der Waals surface area contributed by atoms with Gasteiger partial charge in [-0.05, 0) is 64.1 Å². The number of aliphatic carboxylic acids is 1. The molecule has 3 nitrogen and oxygen atoms in total. The van der Waals surface area contributed by atoms with Crippen molar-refractivity contribution in [2.75, 3.05) is 6.54 Å². The van der Waals surface area contributed by atoms with Crippen LogP contribution in [0.1, 0.15) is 11.1 Å². The van der Waals surface area contributed by atoms with Gasteiger partial charge in [-0.15, -0.1) is 0 Å². The second kappa shape index (κ2) is 9.13. The van der Waals surface area contributed by atoms with Gasteiger partial charge in [0.2, 0.25) is 0 Å². The van der Waals surface area contributed by atoms with Crippen molar-refractivity contribution in [2.45, 2.75) is 12.5 Å². The first-order valence-electron chi connectivity index (χ1n) is 7.95. The van der Waals surface area contributed by atoms with Crippen LogP contribution in [0.25, 0.3) is 6.08 Å². The molecule has 0 amide bonds. The van der Waals surface area contributed by atoms with E-state index >= 15 is 0 Å². The third kappa shape index (κ3) is 5.38. The van der Waals surface area contributed by atoms with Gasteiger partial charge in [-0.2, -0.15) is 0 Å². The third-order valence-electron chi connectivity index (χ3n) is 4.05. The van der Waals surface area contributed by atoms with E-state index in [0.717, 1.165) is 19.6 Å². The Balaban J connectivity index is 1.79. The summed E-state index contributed by atoms with van der Waals surface area (Å²) < 4.78 is 1.68. The molecule has 0 radical (unpaired) electrons. The highest BCUT2D eigenvalue weighted by molar-refractivity contribution is 14.1. The maximum Gasteiger partial charge on any atom is 0.326 e. The molecule has 0 spiro atoms. The number of thioether (sulfide) groups is 1. The van der Waals surface area contributed by atoms with Gasteiger partial charge in [0.05, 0.1) is 16.6 Å². The molecule has 0 aliphatic carbocycles. The first-order chi connectivity index (χ1) is 12.8. The topological polar surface area (TPSA) is 40.5 Å². The fourth-order valence-electron chi connectivity index (χ4n) is 2.71. The molecule has 2 aromatic carbocycles. The molecule has 2 aromatic rings. The second-order valence-corrected chi connectivity index (χ2v) is 9.79. The van der Waals surface area contributed by atoms with Crippen LogP contribution in [0.2, 0.25) is 10.0 Å². The van der Waals surface area contributed by atoms with E-state index < -0.39 is 12.0 Å². The van der Waals surface area contributed by atoms with Crippen LogP contribution in [0.3, 0.4) is 0 Å². The number of hydrogen-bond acceptors (Lipinski definition) is 3. The first-order valence-corrected chi connectivity index (χ1v) is 11.0. The number of nitrogens with zero attached hydrogens (tertiary/aromatic N) is 1. The number of benzene rings is 2. The quantitative estimate of drug-likeness (QED) is 0.367. The Kier molecular flexibility index (Phi) is 7.08. The molecule has 8 heteroatoms. The highest BCUT2D eigenvalue weighted by atomic mass is 127. The van der Waals surface area contributed by atoms with Crippen LogP contribution < -0.4 is 0 Å². The lowest BCUT2D eigenvalue weighted by Crippen LogP contribution is -2.42. The summed E-state index contributed by atoms with van der Waals surface area (Å²) in [7, 11) is 0. The summed E-state index contributed by atoms with van der Waals surface area (Å²) in [6.45, 7) is 0.463. The number of hydrogen-bond donors (Lipinski definition) is 1. The van der Waals surface area contributed by atoms with Crippen molar-refractivity contribution in [3.05, 3.63) is 72.1 Å². The highest BCUT2D eigenvalue weighted by Crippen LogP contribution is 2.34. The Morgan fingerprint density at radius 1 is 1.26 bits per heavy atom. The minimum absolute atomic E-state index is 0.396. The molecule has 140 valence electrons. The average Bonchev–Trinajstić information content (AvgIpc) is 2.97. The molecule has 1 aliphatic rings. The zero-order valence-corrected chi connectivity index (χ0v) is 19.2. The number of halogens is 3. The van der Waals surface area contributed by atoms with Crippen LogP contribution in [0.15, 0.2) is 47.4 Å². The molecule has 27 heavy (non-hydrogen) atoms. The minimum atomic E-state index is -0.882. The highest BCUT2D eigenvalue weighted by Gasteiger charge is 2.33. The summed E-state index contributed by atoms with van der Waals surface area (Å²) in [5.41, 5.74) is 1.87. The van der Waals surface area contributed by atoms with Gasteiger partial charge in [-0.25, -0.2) is 4.79 Å². The van der Waals surface area contributed by atoms with Crippen molar-refractivity contribution in [3.8, 4) is 0 Å². The van der Waals surface area contributed by atoms with Crippen LogP contribution in [-0.2, 0) is 11.2 Å². The van der Waals surface area contributed by atoms with Crippen LogP contribution in [-0.4, -0.2) is 32.9 Å². The van der Waals surface area contributed by atoms with Crippen LogP contribution >= 0.6 is 69.8 Å². The van der Waals surface area contributed by atoms with Crippen LogP contribution in [0.5, 0.6) is 0 Å². The number of carboxylic acid groups (broad SMARTS) is 1. The Hall–Kier alpha value is -0.800. The predicted octanol–water partition coefficient (Wildman–Crippen LogP) is 5.97. The van der Waals surface area contributed by atoms with Crippen LogP contribution in [0.4, 0.5) is 0 Å². The zero-order valence-electron chi connectivity index (χ0n) is 13.9. The van der Waals surface area contributed by atoms with Gasteiger partial charge in [0.15, 0.2) is 0 Å². The van der Waals surface area contributed by atoms with E-state index in [1.54, 1.807) is 17.0 Å². The molecule has 0 unspecified atom stereocenters. The summed E-state index contributed by atoms with van der Waals surface area (Å²) in [5, 5.41) is 10.7. The van der Waals surface area contributed by atoms with Crippen LogP contribution in [0, 0.1) is 3.57 Å². The lowest BCUT2D eigenvalue weighted by molar-refractivity contribution is -0.141. The number of thiocarbonyl (C=S) groups is 1. The first kappa shape index (κ1) is 20.9. The number of rotatable bonds is 5. The Morgan fingerprint density at radius 2 is 1.96 bits per heavy atom. The van der Waals surface area contributed by atoms with Crippen molar-refractivity contribution >= 4 is 86.1 Å². The van der Waals surface area contributed by atoms with E-state index in [2.05, 4.69) is 22.6 Å². The predicted molar refractivity (Wildman–Crippen MR) is 126 cm³/mol. The molecule has 1 heterocycles. The Labute approximate surface area is 190 Å². The van der Waals surface area contributed by atoms with E-state index in [4.69, 9.17) is 35.4 Å². The molecular formula is C19H14Cl2INO2S2. The van der Waals surface area contributed by atoms with Crippen molar-refractivity contribution < 1.29 is 9.90 Å².